The Balaban J connectivity index is 2.31. The zero-order valence-corrected chi connectivity index (χ0v) is 10.6. The van der Waals surface area contributed by atoms with Gasteiger partial charge in [0.1, 0.15) is 5.03 Å². The van der Waals surface area contributed by atoms with Gasteiger partial charge >= 0.3 is 0 Å². The molecule has 16 heavy (non-hydrogen) atoms. The van der Waals surface area contributed by atoms with Gasteiger partial charge in [0.05, 0.1) is 0 Å². The van der Waals surface area contributed by atoms with E-state index in [0.29, 0.717) is 5.15 Å². The van der Waals surface area contributed by atoms with Gasteiger partial charge in [-0.15, -0.1) is 0 Å². The van der Waals surface area contributed by atoms with Crippen LogP contribution in [0.1, 0.15) is 11.1 Å². The van der Waals surface area contributed by atoms with E-state index in [1.54, 1.807) is 24.2 Å². The summed E-state index contributed by atoms with van der Waals surface area (Å²) in [5.74, 6) is 0. The second kappa shape index (κ2) is 4.85. The van der Waals surface area contributed by atoms with E-state index in [1.807, 2.05) is 0 Å². The van der Waals surface area contributed by atoms with E-state index in [1.165, 1.54) is 11.1 Å². The summed E-state index contributed by atoms with van der Waals surface area (Å²) in [7, 11) is 0. The summed E-state index contributed by atoms with van der Waals surface area (Å²) in [6, 6.07) is 6.31. The molecule has 2 rings (SSSR count). The van der Waals surface area contributed by atoms with Crippen molar-refractivity contribution >= 4 is 23.4 Å². The minimum atomic E-state index is 0.451. The smallest absolute Gasteiger partial charge is 0.161 e. The largest absolute Gasteiger partial charge is 0.245 e. The summed E-state index contributed by atoms with van der Waals surface area (Å²) in [5.41, 5.74) is 2.49. The molecule has 0 amide bonds. The van der Waals surface area contributed by atoms with Crippen LogP contribution in [0.2, 0.25) is 5.15 Å². The molecule has 2 aromatic rings. The fourth-order valence-electron chi connectivity index (χ4n) is 1.39. The Bertz CT molecular complexity index is 514. The SMILES string of the molecule is Cc1ccc(Sc2nccnc2Cl)c(C)c1. The van der Waals surface area contributed by atoms with E-state index in [4.69, 9.17) is 11.6 Å². The van der Waals surface area contributed by atoms with Crippen molar-refractivity contribution in [3.63, 3.8) is 0 Å². The molecule has 0 atom stereocenters. The highest BCUT2D eigenvalue weighted by molar-refractivity contribution is 7.99. The molecular formula is C12H11ClN2S. The average molecular weight is 251 g/mol. The molecule has 0 aliphatic heterocycles. The van der Waals surface area contributed by atoms with Crippen molar-refractivity contribution in [3.05, 3.63) is 46.9 Å². The molecule has 1 heterocycles. The van der Waals surface area contributed by atoms with Crippen molar-refractivity contribution in [2.24, 2.45) is 0 Å². The molecule has 0 N–H and O–H groups in total. The van der Waals surface area contributed by atoms with Crippen LogP contribution < -0.4 is 0 Å². The van der Waals surface area contributed by atoms with Crippen LogP contribution >= 0.6 is 23.4 Å². The number of aryl methyl sites for hydroxylation is 2. The summed E-state index contributed by atoms with van der Waals surface area (Å²) < 4.78 is 0. The number of rotatable bonds is 2. The quantitative estimate of drug-likeness (QED) is 0.809. The van der Waals surface area contributed by atoms with Gasteiger partial charge in [0.25, 0.3) is 0 Å². The number of hydrogen-bond donors (Lipinski definition) is 0. The van der Waals surface area contributed by atoms with Crippen LogP contribution in [-0.4, -0.2) is 9.97 Å². The zero-order valence-electron chi connectivity index (χ0n) is 9.07. The summed E-state index contributed by atoms with van der Waals surface area (Å²) in [6.07, 6.45) is 3.24. The first-order valence-electron chi connectivity index (χ1n) is 4.88. The van der Waals surface area contributed by atoms with Crippen LogP contribution in [-0.2, 0) is 0 Å². The lowest BCUT2D eigenvalue weighted by Gasteiger charge is -2.06. The van der Waals surface area contributed by atoms with E-state index in [2.05, 4.69) is 42.0 Å². The van der Waals surface area contributed by atoms with Crippen molar-refractivity contribution in [2.45, 2.75) is 23.8 Å². The molecular weight excluding hydrogens is 240 g/mol. The van der Waals surface area contributed by atoms with Gasteiger partial charge in [-0.05, 0) is 25.5 Å². The van der Waals surface area contributed by atoms with E-state index in [0.717, 1.165) is 9.92 Å². The van der Waals surface area contributed by atoms with Crippen LogP contribution in [0, 0.1) is 13.8 Å². The third-order valence-corrected chi connectivity index (χ3v) is 3.72. The molecule has 0 saturated carbocycles. The first-order chi connectivity index (χ1) is 7.66. The Morgan fingerprint density at radius 3 is 2.56 bits per heavy atom. The minimum absolute atomic E-state index is 0.451. The Hall–Kier alpha value is -1.06. The van der Waals surface area contributed by atoms with Gasteiger partial charge in [0.15, 0.2) is 5.15 Å². The highest BCUT2D eigenvalue weighted by atomic mass is 35.5. The molecule has 0 aliphatic carbocycles. The second-order valence-electron chi connectivity index (χ2n) is 3.52. The summed E-state index contributed by atoms with van der Waals surface area (Å²) >= 11 is 7.51. The second-order valence-corrected chi connectivity index (χ2v) is 4.91. The van der Waals surface area contributed by atoms with Crippen LogP contribution in [0.25, 0.3) is 0 Å². The lowest BCUT2D eigenvalue weighted by Crippen LogP contribution is -1.86. The van der Waals surface area contributed by atoms with Crippen molar-refractivity contribution in [1.82, 2.24) is 9.97 Å². The molecule has 0 fully saturated rings. The third kappa shape index (κ3) is 2.54. The topological polar surface area (TPSA) is 25.8 Å². The lowest BCUT2D eigenvalue weighted by molar-refractivity contribution is 1.05. The molecule has 2 nitrogen and oxygen atoms in total. The van der Waals surface area contributed by atoms with Gasteiger partial charge in [-0.2, -0.15) is 0 Å². The molecule has 1 aromatic heterocycles. The van der Waals surface area contributed by atoms with E-state index >= 15 is 0 Å². The van der Waals surface area contributed by atoms with E-state index < -0.39 is 0 Å². The molecule has 0 spiro atoms. The van der Waals surface area contributed by atoms with Crippen LogP contribution in [0.15, 0.2) is 40.5 Å². The number of halogens is 1. The summed E-state index contributed by atoms with van der Waals surface area (Å²) in [5, 5.41) is 1.20. The normalized spacial score (nSPS) is 10.4. The standard InChI is InChI=1S/C12H11ClN2S/c1-8-3-4-10(9(2)7-8)16-12-11(13)14-5-6-15-12/h3-7H,1-2H3. The highest BCUT2D eigenvalue weighted by Gasteiger charge is 2.06. The monoisotopic (exact) mass is 250 g/mol. The predicted molar refractivity (Wildman–Crippen MR) is 67.1 cm³/mol. The lowest BCUT2D eigenvalue weighted by atomic mass is 10.2. The Labute approximate surface area is 104 Å². The Morgan fingerprint density at radius 2 is 1.88 bits per heavy atom. The van der Waals surface area contributed by atoms with E-state index in [9.17, 15) is 0 Å². The Kier molecular flexibility index (Phi) is 3.46. The van der Waals surface area contributed by atoms with Crippen molar-refractivity contribution in [2.75, 3.05) is 0 Å². The van der Waals surface area contributed by atoms with Crippen LogP contribution in [0.4, 0.5) is 0 Å². The van der Waals surface area contributed by atoms with Gasteiger partial charge in [0, 0.05) is 17.3 Å². The fraction of sp³-hybridized carbons (Fsp3) is 0.167. The third-order valence-electron chi connectivity index (χ3n) is 2.16. The number of hydrogen-bond acceptors (Lipinski definition) is 3. The van der Waals surface area contributed by atoms with Gasteiger partial charge in [-0.1, -0.05) is 41.1 Å². The summed E-state index contributed by atoms with van der Waals surface area (Å²) in [6.45, 7) is 4.16. The number of nitrogens with zero attached hydrogens (tertiary/aromatic N) is 2. The zero-order chi connectivity index (χ0) is 11.5. The Morgan fingerprint density at radius 1 is 1.12 bits per heavy atom. The van der Waals surface area contributed by atoms with Crippen LogP contribution in [0.5, 0.6) is 0 Å². The van der Waals surface area contributed by atoms with Gasteiger partial charge in [-0.3, -0.25) is 0 Å². The minimum Gasteiger partial charge on any atom is -0.245 e. The average Bonchev–Trinajstić information content (AvgIpc) is 2.25. The molecule has 0 unspecified atom stereocenters. The van der Waals surface area contributed by atoms with E-state index in [-0.39, 0.29) is 0 Å². The first-order valence-corrected chi connectivity index (χ1v) is 6.08. The van der Waals surface area contributed by atoms with Gasteiger partial charge < -0.3 is 0 Å². The summed E-state index contributed by atoms with van der Waals surface area (Å²) in [4.78, 5) is 9.37. The molecule has 1 aromatic carbocycles. The van der Waals surface area contributed by atoms with Gasteiger partial charge in [0.2, 0.25) is 0 Å². The fourth-order valence-corrected chi connectivity index (χ4v) is 2.43. The number of benzene rings is 1. The maximum Gasteiger partial charge on any atom is 0.161 e. The number of aromatic nitrogens is 2. The van der Waals surface area contributed by atoms with Crippen molar-refractivity contribution in [1.29, 1.82) is 0 Å². The highest BCUT2D eigenvalue weighted by Crippen LogP contribution is 2.32. The molecule has 0 bridgehead atoms. The molecule has 0 saturated heterocycles. The first kappa shape index (κ1) is 11.4. The van der Waals surface area contributed by atoms with Crippen molar-refractivity contribution in [3.8, 4) is 0 Å². The molecule has 4 heteroatoms. The van der Waals surface area contributed by atoms with Gasteiger partial charge in [-0.25, -0.2) is 9.97 Å². The maximum atomic E-state index is 5.96. The molecule has 82 valence electrons. The molecule has 0 radical (unpaired) electrons. The molecule has 0 aliphatic rings. The predicted octanol–water partition coefficient (Wildman–Crippen LogP) is 3.90. The maximum absolute atomic E-state index is 5.96. The van der Waals surface area contributed by atoms with Crippen molar-refractivity contribution < 1.29 is 0 Å². The van der Waals surface area contributed by atoms with Crippen LogP contribution in [0.3, 0.4) is 0 Å².